The molecule has 0 unspecified atom stereocenters. The van der Waals surface area contributed by atoms with Gasteiger partial charge in [0.05, 0.1) is 18.8 Å². The number of likely N-dealkylation sites (tertiary alicyclic amines) is 1. The number of carbonyl (C=O) groups excluding carboxylic acids is 8. The fourth-order valence-corrected chi connectivity index (χ4v) is 8.87. The number of hydrogen-bond acceptors (Lipinski definition) is 13. The number of aliphatic carboxylic acids is 1. The van der Waals surface area contributed by atoms with Crippen molar-refractivity contribution in [3.63, 3.8) is 0 Å². The Bertz CT molecular complexity index is 2550. The van der Waals surface area contributed by atoms with Gasteiger partial charge in [0.25, 0.3) is 0 Å². The summed E-state index contributed by atoms with van der Waals surface area (Å²) < 4.78 is 0. The SMILES string of the molecule is CC[C@H](C)[C@H](NC(=O)[C@@H](Cc1cc(C)c(O)c(C)c1)NC(=O)[C@@H](NC(=O)[C@H](CCCN=C(N)N)NC(=O)[C@@H](N)CC(N)=O)C(C)C)C(=O)N[C@@H](Cc1cnc[nH]1)C(=O)N1CCC[C@H]1C(=O)N[C@@H](Cc1ccccc1)C(=O)O. The fourth-order valence-electron chi connectivity index (χ4n) is 8.87. The molecule has 25 nitrogen and oxygen atoms in total. The normalized spacial score (nSPS) is 16.3. The van der Waals surface area contributed by atoms with E-state index in [2.05, 4.69) is 46.9 Å². The minimum absolute atomic E-state index is 0.000139. The number of aryl methyl sites for hydroxylation is 2. The summed E-state index contributed by atoms with van der Waals surface area (Å²) in [5.74, 6) is -8.85. The second-order valence-electron chi connectivity index (χ2n) is 19.9. The van der Waals surface area contributed by atoms with Crippen molar-refractivity contribution in [2.24, 2.45) is 39.8 Å². The third kappa shape index (κ3) is 18.6. The summed E-state index contributed by atoms with van der Waals surface area (Å²) in [5, 5.41) is 36.8. The zero-order valence-corrected chi connectivity index (χ0v) is 44.5. The molecule has 1 saturated heterocycles. The molecule has 17 N–H and O–H groups in total. The standard InChI is InChI=1S/C52H76N14O11/c1-7-28(4)42(49(74)62-37(23-33-25-57-26-59-33)50(75)66-18-12-16-39(66)47(72)63-38(51(76)77)21-31-13-9-8-10-14-31)65-46(71)36(22-32-19-29(5)43(68)30(6)20-32)61-48(73)41(27(2)3)64-45(70)35(15-11-17-58-52(55)56)60-44(69)34(53)24-40(54)67/h8-10,13-14,19-20,25-28,34-39,41-42,68H,7,11-12,15-18,21-24,53H2,1-6H3,(H2,54,67)(H,57,59)(H,60,69)(H,61,73)(H,62,74)(H,63,72)(H,64,70)(H,65,71)(H,76,77)(H4,55,56,58)/t28-,34-,35-,36+,37-,38-,39-,41-,42-/m0/s1. The van der Waals surface area contributed by atoms with Crippen molar-refractivity contribution in [2.45, 2.75) is 148 Å². The van der Waals surface area contributed by atoms with E-state index in [-0.39, 0.29) is 63.3 Å². The van der Waals surface area contributed by atoms with Crippen LogP contribution in [0.3, 0.4) is 0 Å². The lowest BCUT2D eigenvalue weighted by Gasteiger charge is -2.32. The van der Waals surface area contributed by atoms with E-state index in [9.17, 15) is 53.4 Å². The van der Waals surface area contributed by atoms with Gasteiger partial charge in [-0.2, -0.15) is 0 Å². The lowest BCUT2D eigenvalue weighted by atomic mass is 9.95. The lowest BCUT2D eigenvalue weighted by molar-refractivity contribution is -0.145. The van der Waals surface area contributed by atoms with Crippen molar-refractivity contribution in [2.75, 3.05) is 13.1 Å². The number of carbonyl (C=O) groups is 9. The van der Waals surface area contributed by atoms with Gasteiger partial charge in [-0.1, -0.05) is 76.6 Å². The van der Waals surface area contributed by atoms with Crippen LogP contribution in [0.5, 0.6) is 5.75 Å². The Balaban J connectivity index is 1.63. The molecule has 1 aromatic heterocycles. The summed E-state index contributed by atoms with van der Waals surface area (Å²) in [6.07, 6.45) is 3.24. The minimum atomic E-state index is -1.42. The predicted octanol–water partition coefficient (Wildman–Crippen LogP) is -1.30. The van der Waals surface area contributed by atoms with Gasteiger partial charge in [-0.05, 0) is 73.6 Å². The van der Waals surface area contributed by atoms with Crippen LogP contribution in [0.2, 0.25) is 0 Å². The van der Waals surface area contributed by atoms with E-state index in [0.717, 1.165) is 0 Å². The van der Waals surface area contributed by atoms with Crippen LogP contribution in [0, 0.1) is 25.7 Å². The maximum absolute atomic E-state index is 14.8. The molecule has 2 aromatic carbocycles. The van der Waals surface area contributed by atoms with E-state index in [0.29, 0.717) is 40.8 Å². The van der Waals surface area contributed by atoms with Crippen molar-refractivity contribution in [1.82, 2.24) is 46.8 Å². The maximum Gasteiger partial charge on any atom is 0.326 e. The van der Waals surface area contributed by atoms with Crippen LogP contribution in [0.1, 0.15) is 94.2 Å². The molecule has 0 saturated carbocycles. The van der Waals surface area contributed by atoms with Gasteiger partial charge in [-0.15, -0.1) is 0 Å². The first kappa shape index (κ1) is 61.5. The summed E-state index contributed by atoms with van der Waals surface area (Å²) in [4.78, 5) is 135. The van der Waals surface area contributed by atoms with Gasteiger partial charge in [0.15, 0.2) is 5.96 Å². The largest absolute Gasteiger partial charge is 0.507 e. The number of rotatable bonds is 29. The Hall–Kier alpha value is -8.09. The fraction of sp³-hybridized carbons (Fsp3) is 0.519. The molecule has 3 aromatic rings. The van der Waals surface area contributed by atoms with E-state index >= 15 is 0 Å². The number of carboxylic acids is 1. The number of phenols is 1. The number of aromatic hydroxyl groups is 1. The van der Waals surface area contributed by atoms with Gasteiger partial charge < -0.3 is 74.9 Å². The highest BCUT2D eigenvalue weighted by Crippen LogP contribution is 2.25. The van der Waals surface area contributed by atoms with E-state index in [1.165, 1.54) is 17.4 Å². The Kier molecular flexibility index (Phi) is 23.4. The number of H-pyrrole nitrogens is 1. The van der Waals surface area contributed by atoms with Gasteiger partial charge in [0, 0.05) is 44.2 Å². The molecule has 8 amide bonds. The smallest absolute Gasteiger partial charge is 0.326 e. The van der Waals surface area contributed by atoms with E-state index in [1.807, 2.05) is 0 Å². The minimum Gasteiger partial charge on any atom is -0.507 e. The number of aromatic nitrogens is 2. The molecule has 2 heterocycles. The summed E-state index contributed by atoms with van der Waals surface area (Å²) in [6, 6.07) is 1.62. The van der Waals surface area contributed by atoms with Gasteiger partial charge in [-0.25, -0.2) is 9.78 Å². The second kappa shape index (κ2) is 29.3. The van der Waals surface area contributed by atoms with Crippen LogP contribution in [0.25, 0.3) is 0 Å². The van der Waals surface area contributed by atoms with Crippen molar-refractivity contribution < 1.29 is 53.4 Å². The topological polar surface area (TPSA) is 415 Å². The number of nitrogens with zero attached hydrogens (tertiary/aromatic N) is 3. The van der Waals surface area contributed by atoms with Gasteiger partial charge >= 0.3 is 5.97 Å². The highest BCUT2D eigenvalue weighted by atomic mass is 16.4. The van der Waals surface area contributed by atoms with E-state index < -0.39 is 120 Å². The molecule has 25 heteroatoms. The first-order valence-corrected chi connectivity index (χ1v) is 25.6. The predicted molar refractivity (Wildman–Crippen MR) is 284 cm³/mol. The number of nitrogens with one attached hydrogen (secondary N) is 7. The third-order valence-electron chi connectivity index (χ3n) is 13.3. The molecule has 0 bridgehead atoms. The number of benzene rings is 2. The summed E-state index contributed by atoms with van der Waals surface area (Å²) in [6.45, 7) is 10.3. The first-order valence-electron chi connectivity index (χ1n) is 25.6. The van der Waals surface area contributed by atoms with Crippen LogP contribution in [-0.2, 0) is 62.4 Å². The first-order chi connectivity index (χ1) is 36.4. The molecule has 0 aliphatic carbocycles. The number of primary amides is 1. The van der Waals surface area contributed by atoms with Gasteiger partial charge in [0.1, 0.15) is 48.0 Å². The highest BCUT2D eigenvalue weighted by molar-refractivity contribution is 5.98. The summed E-state index contributed by atoms with van der Waals surface area (Å²) in [7, 11) is 0. The molecular formula is C52H76N14O11. The number of carboxylic acid groups (broad SMARTS) is 1. The van der Waals surface area contributed by atoms with Gasteiger partial charge in [0.2, 0.25) is 47.3 Å². The zero-order valence-electron chi connectivity index (χ0n) is 44.5. The van der Waals surface area contributed by atoms with Crippen molar-refractivity contribution in [3.8, 4) is 5.75 Å². The summed E-state index contributed by atoms with van der Waals surface area (Å²) in [5.41, 5.74) is 24.6. The van der Waals surface area contributed by atoms with Crippen molar-refractivity contribution in [3.05, 3.63) is 82.9 Å². The molecule has 77 heavy (non-hydrogen) atoms. The molecule has 1 aliphatic rings. The number of hydrogen-bond donors (Lipinski definition) is 13. The lowest BCUT2D eigenvalue weighted by Crippen LogP contribution is -2.62. The van der Waals surface area contributed by atoms with Crippen LogP contribution >= 0.6 is 0 Å². The molecule has 1 aliphatic heterocycles. The molecule has 0 radical (unpaired) electrons. The van der Waals surface area contributed by atoms with Gasteiger partial charge in [-0.3, -0.25) is 43.3 Å². The van der Waals surface area contributed by atoms with Crippen LogP contribution in [0.15, 0.2) is 60.0 Å². The van der Waals surface area contributed by atoms with Crippen LogP contribution in [-0.4, -0.2) is 146 Å². The number of nitrogens with two attached hydrogens (primary N) is 4. The molecule has 0 spiro atoms. The number of amides is 8. The third-order valence-corrected chi connectivity index (χ3v) is 13.3. The summed E-state index contributed by atoms with van der Waals surface area (Å²) >= 11 is 0. The molecule has 420 valence electrons. The van der Waals surface area contributed by atoms with E-state index in [4.69, 9.17) is 22.9 Å². The van der Waals surface area contributed by atoms with Crippen LogP contribution < -0.4 is 54.8 Å². The van der Waals surface area contributed by atoms with Crippen LogP contribution in [0.4, 0.5) is 0 Å². The molecule has 9 atom stereocenters. The molecule has 1 fully saturated rings. The quantitative estimate of drug-likeness (QED) is 0.0218. The Morgan fingerprint density at radius 3 is 1.95 bits per heavy atom. The van der Waals surface area contributed by atoms with Crippen molar-refractivity contribution >= 4 is 59.2 Å². The average molecular weight is 1070 g/mol. The number of imidazole rings is 1. The Morgan fingerprint density at radius 1 is 0.766 bits per heavy atom. The Labute approximate surface area is 447 Å². The number of guanidine groups is 1. The monoisotopic (exact) mass is 1070 g/mol. The Morgan fingerprint density at radius 2 is 1.36 bits per heavy atom. The van der Waals surface area contributed by atoms with Crippen molar-refractivity contribution in [1.29, 1.82) is 0 Å². The average Bonchev–Trinajstić information content (AvgIpc) is 4.09. The number of aromatic amines is 1. The second-order valence-corrected chi connectivity index (χ2v) is 19.9. The van der Waals surface area contributed by atoms with E-state index in [1.54, 1.807) is 84.0 Å². The zero-order chi connectivity index (χ0) is 57.1. The highest BCUT2D eigenvalue weighted by Gasteiger charge is 2.41. The maximum atomic E-state index is 14.8. The number of aliphatic imine (C=N–C) groups is 1. The molecule has 4 rings (SSSR count). The number of phenolic OH excluding ortho intramolecular Hbond substituents is 1. The molecular weight excluding hydrogens is 997 g/mol.